The van der Waals surface area contributed by atoms with Crippen molar-refractivity contribution in [2.75, 3.05) is 25.2 Å². The van der Waals surface area contributed by atoms with Crippen LogP contribution < -0.4 is 9.47 Å². The number of halogens is 1. The molecule has 0 aliphatic carbocycles. The number of nitrogens with one attached hydrogen (secondary N) is 1. The zero-order valence-corrected chi connectivity index (χ0v) is 16.4. The zero-order valence-electron chi connectivity index (χ0n) is 14.7. The molecule has 0 bridgehead atoms. The second-order valence-electron chi connectivity index (χ2n) is 5.46. The molecule has 0 amide bonds. The number of pyridine rings is 1. The van der Waals surface area contributed by atoms with E-state index < -0.39 is 10.8 Å². The fourth-order valence-electron chi connectivity index (χ4n) is 2.48. The Kier molecular flexibility index (Phi) is 7.41. The molecule has 0 spiro atoms. The number of imidazole rings is 1. The maximum absolute atomic E-state index is 11.4. The van der Waals surface area contributed by atoms with Crippen molar-refractivity contribution >= 4 is 34.4 Å². The Balaban J connectivity index is 0.00000243. The number of rotatable bonds is 8. The van der Waals surface area contributed by atoms with Crippen molar-refractivity contribution < 1.29 is 13.7 Å². The molecule has 8 heteroatoms. The molecule has 1 unspecified atom stereocenters. The van der Waals surface area contributed by atoms with Crippen molar-refractivity contribution in [3.8, 4) is 22.9 Å². The van der Waals surface area contributed by atoms with Crippen molar-refractivity contribution in [1.29, 1.82) is 0 Å². The van der Waals surface area contributed by atoms with E-state index in [0.717, 1.165) is 23.3 Å². The number of aromatic nitrogens is 3. The second kappa shape index (κ2) is 9.54. The predicted molar refractivity (Wildman–Crippen MR) is 107 cm³/mol. The first-order valence-electron chi connectivity index (χ1n) is 8.18. The minimum atomic E-state index is -0.750. The number of H-pyrrole nitrogens is 1. The molecule has 3 aromatic rings. The molecule has 1 N–H and O–H groups in total. The van der Waals surface area contributed by atoms with Gasteiger partial charge in [0, 0.05) is 34.6 Å². The van der Waals surface area contributed by atoms with Gasteiger partial charge < -0.3 is 14.5 Å². The van der Waals surface area contributed by atoms with Crippen LogP contribution >= 0.6 is 12.4 Å². The van der Waals surface area contributed by atoms with E-state index in [1.807, 2.05) is 37.3 Å². The maximum atomic E-state index is 11.4. The molecule has 0 saturated heterocycles. The third-order valence-electron chi connectivity index (χ3n) is 3.79. The summed E-state index contributed by atoms with van der Waals surface area (Å²) in [5, 5.41) is 0. The number of fused-ring (bicyclic) bond motifs is 1. The molecule has 0 fully saturated rings. The summed E-state index contributed by atoms with van der Waals surface area (Å²) in [5.74, 6) is 3.45. The average molecular weight is 396 g/mol. The Morgan fingerprint density at radius 2 is 2.12 bits per heavy atom. The fourth-order valence-corrected chi connectivity index (χ4v) is 3.21. The number of hydrogen-bond donors (Lipinski definition) is 1. The lowest BCUT2D eigenvalue weighted by Crippen LogP contribution is -2.06. The topological polar surface area (TPSA) is 77.1 Å². The van der Waals surface area contributed by atoms with Crippen molar-refractivity contribution in [2.24, 2.45) is 0 Å². The van der Waals surface area contributed by atoms with Gasteiger partial charge in [-0.2, -0.15) is 0 Å². The Labute approximate surface area is 161 Å². The van der Waals surface area contributed by atoms with E-state index >= 15 is 0 Å². The van der Waals surface area contributed by atoms with E-state index in [0.29, 0.717) is 35.3 Å². The first kappa shape index (κ1) is 20.2. The Bertz CT molecular complexity index is 852. The molecule has 0 aliphatic rings. The first-order chi connectivity index (χ1) is 12.2. The average Bonchev–Trinajstić information content (AvgIpc) is 3.08. The molecule has 2 heterocycles. The summed E-state index contributed by atoms with van der Waals surface area (Å²) in [6.45, 7) is 2.46. The number of nitrogens with zero attached hydrogens (tertiary/aromatic N) is 2. The monoisotopic (exact) mass is 395 g/mol. The molecular weight excluding hydrogens is 374 g/mol. The van der Waals surface area contributed by atoms with Crippen molar-refractivity contribution in [3.63, 3.8) is 0 Å². The van der Waals surface area contributed by atoms with Gasteiger partial charge in [0.2, 0.25) is 0 Å². The van der Waals surface area contributed by atoms with Gasteiger partial charge >= 0.3 is 0 Å². The molecule has 0 radical (unpaired) electrons. The lowest BCUT2D eigenvalue weighted by Gasteiger charge is -2.10. The van der Waals surface area contributed by atoms with Gasteiger partial charge in [0.1, 0.15) is 17.3 Å². The van der Waals surface area contributed by atoms with E-state index in [9.17, 15) is 4.21 Å². The van der Waals surface area contributed by atoms with E-state index in [-0.39, 0.29) is 12.4 Å². The number of aromatic amines is 1. The van der Waals surface area contributed by atoms with E-state index in [1.54, 1.807) is 13.3 Å². The molecule has 1 atom stereocenters. The summed E-state index contributed by atoms with van der Waals surface area (Å²) in [5.41, 5.74) is 2.40. The van der Waals surface area contributed by atoms with Crippen LogP contribution in [0.5, 0.6) is 11.5 Å². The molecule has 26 heavy (non-hydrogen) atoms. The van der Waals surface area contributed by atoms with Gasteiger partial charge in [-0.25, -0.2) is 9.97 Å². The SMILES string of the molecule is CCS(=O)CCCOc1ccc(-c2nc3ncccc3[nH]2)c(OC)c1.Cl. The van der Waals surface area contributed by atoms with Crippen molar-refractivity contribution in [3.05, 3.63) is 36.5 Å². The molecule has 2 aromatic heterocycles. The summed E-state index contributed by atoms with van der Waals surface area (Å²) in [4.78, 5) is 12.0. The standard InChI is InChI=1S/C18H21N3O3S.ClH/c1-3-25(22)11-5-10-24-13-7-8-14(16(12-13)23-2)17-20-15-6-4-9-19-18(15)21-17;/h4,6-9,12H,3,5,10-11H2,1-2H3,(H,19,20,21);1H. The largest absolute Gasteiger partial charge is 0.496 e. The Morgan fingerprint density at radius 1 is 1.27 bits per heavy atom. The fraction of sp³-hybridized carbons (Fsp3) is 0.333. The van der Waals surface area contributed by atoms with Gasteiger partial charge in [0.15, 0.2) is 5.65 Å². The van der Waals surface area contributed by atoms with E-state index in [2.05, 4.69) is 15.0 Å². The van der Waals surface area contributed by atoms with Crippen LogP contribution in [0, 0.1) is 0 Å². The normalized spacial score (nSPS) is 11.8. The number of benzene rings is 1. The quantitative estimate of drug-likeness (QED) is 0.590. The molecule has 3 rings (SSSR count). The Hall–Kier alpha value is -2.12. The van der Waals surface area contributed by atoms with Crippen LogP contribution in [0.2, 0.25) is 0 Å². The molecule has 140 valence electrons. The minimum absolute atomic E-state index is 0. The summed E-state index contributed by atoms with van der Waals surface area (Å²) < 4.78 is 22.6. The molecular formula is C18H22ClN3O3S. The second-order valence-corrected chi connectivity index (χ2v) is 7.32. The highest BCUT2D eigenvalue weighted by Gasteiger charge is 2.12. The zero-order chi connectivity index (χ0) is 17.6. The van der Waals surface area contributed by atoms with Gasteiger partial charge in [-0.05, 0) is 30.7 Å². The Morgan fingerprint density at radius 3 is 2.85 bits per heavy atom. The number of ether oxygens (including phenoxy) is 2. The number of methoxy groups -OCH3 is 1. The van der Waals surface area contributed by atoms with E-state index in [4.69, 9.17) is 9.47 Å². The lowest BCUT2D eigenvalue weighted by molar-refractivity contribution is 0.315. The summed E-state index contributed by atoms with van der Waals surface area (Å²) >= 11 is 0. The minimum Gasteiger partial charge on any atom is -0.496 e. The predicted octanol–water partition coefficient (Wildman–Crippen LogP) is 3.59. The lowest BCUT2D eigenvalue weighted by atomic mass is 10.2. The summed E-state index contributed by atoms with van der Waals surface area (Å²) in [6, 6.07) is 9.44. The molecule has 0 saturated carbocycles. The molecule has 1 aromatic carbocycles. The van der Waals surface area contributed by atoms with E-state index in [1.165, 1.54) is 0 Å². The highest BCUT2D eigenvalue weighted by Crippen LogP contribution is 2.32. The summed E-state index contributed by atoms with van der Waals surface area (Å²) in [7, 11) is 0.869. The van der Waals surface area contributed by atoms with Crippen molar-refractivity contribution in [2.45, 2.75) is 13.3 Å². The smallest absolute Gasteiger partial charge is 0.178 e. The van der Waals surface area contributed by atoms with Crippen molar-refractivity contribution in [1.82, 2.24) is 15.0 Å². The highest BCUT2D eigenvalue weighted by atomic mass is 35.5. The van der Waals surface area contributed by atoms with Crippen LogP contribution in [0.1, 0.15) is 13.3 Å². The van der Waals surface area contributed by atoms with Gasteiger partial charge in [-0.1, -0.05) is 6.92 Å². The van der Waals surface area contributed by atoms with Crippen LogP contribution in [0.3, 0.4) is 0 Å². The van der Waals surface area contributed by atoms with Crippen LogP contribution in [0.15, 0.2) is 36.5 Å². The molecule has 6 nitrogen and oxygen atoms in total. The van der Waals surface area contributed by atoms with Crippen LogP contribution in [-0.2, 0) is 10.8 Å². The highest BCUT2D eigenvalue weighted by molar-refractivity contribution is 7.84. The van der Waals surface area contributed by atoms with Gasteiger partial charge in [0.05, 0.1) is 24.8 Å². The van der Waals surface area contributed by atoms with Gasteiger partial charge in [-0.15, -0.1) is 12.4 Å². The molecule has 0 aliphatic heterocycles. The van der Waals surface area contributed by atoms with Crippen LogP contribution in [0.4, 0.5) is 0 Å². The maximum Gasteiger partial charge on any atom is 0.178 e. The number of hydrogen-bond acceptors (Lipinski definition) is 5. The van der Waals surface area contributed by atoms with Crippen LogP contribution in [-0.4, -0.2) is 44.4 Å². The van der Waals surface area contributed by atoms with Gasteiger partial charge in [0.25, 0.3) is 0 Å². The third kappa shape index (κ3) is 4.74. The first-order valence-corrected chi connectivity index (χ1v) is 9.67. The third-order valence-corrected chi connectivity index (χ3v) is 5.18. The summed E-state index contributed by atoms with van der Waals surface area (Å²) in [6.07, 6.45) is 2.48. The van der Waals surface area contributed by atoms with Gasteiger partial charge in [-0.3, -0.25) is 4.21 Å². The van der Waals surface area contributed by atoms with Crippen LogP contribution in [0.25, 0.3) is 22.6 Å².